The van der Waals surface area contributed by atoms with Gasteiger partial charge in [-0.25, -0.2) is 0 Å². The lowest BCUT2D eigenvalue weighted by Crippen LogP contribution is -2.25. The standard InChI is InChI=1S/C13H17ClN4/c1-3-6-16-12(10-4-7-15-8-5-10)13-11(14)9-17-18(13)2/h4-5,7-9,12,16H,3,6H2,1-2H3. The Morgan fingerprint density at radius 3 is 2.67 bits per heavy atom. The van der Waals surface area contributed by atoms with E-state index in [4.69, 9.17) is 11.6 Å². The molecule has 96 valence electrons. The predicted octanol–water partition coefficient (Wildman–Crippen LogP) is 2.56. The van der Waals surface area contributed by atoms with Gasteiger partial charge in [-0.15, -0.1) is 0 Å². The maximum absolute atomic E-state index is 6.23. The highest BCUT2D eigenvalue weighted by Gasteiger charge is 2.20. The molecule has 2 aromatic rings. The first kappa shape index (κ1) is 13.1. The third-order valence-corrected chi connectivity index (χ3v) is 3.14. The minimum absolute atomic E-state index is 0.0490. The van der Waals surface area contributed by atoms with Crippen molar-refractivity contribution in [1.82, 2.24) is 20.1 Å². The summed E-state index contributed by atoms with van der Waals surface area (Å²) in [5, 5.41) is 8.38. The summed E-state index contributed by atoms with van der Waals surface area (Å²) in [6.07, 6.45) is 6.33. The first-order chi connectivity index (χ1) is 8.74. The van der Waals surface area contributed by atoms with Crippen molar-refractivity contribution in [3.8, 4) is 0 Å². The van der Waals surface area contributed by atoms with Gasteiger partial charge in [-0.05, 0) is 30.7 Å². The van der Waals surface area contributed by atoms with Gasteiger partial charge in [-0.3, -0.25) is 9.67 Å². The molecule has 2 rings (SSSR count). The number of nitrogens with one attached hydrogen (secondary N) is 1. The van der Waals surface area contributed by atoms with Crippen LogP contribution in [0.25, 0.3) is 0 Å². The van der Waals surface area contributed by atoms with E-state index < -0.39 is 0 Å². The third-order valence-electron chi connectivity index (χ3n) is 2.85. The molecule has 2 heterocycles. The molecule has 0 bridgehead atoms. The SMILES string of the molecule is CCCNC(c1ccncc1)c1c(Cl)cnn1C. The highest BCUT2D eigenvalue weighted by Crippen LogP contribution is 2.27. The van der Waals surface area contributed by atoms with Crippen molar-refractivity contribution in [2.24, 2.45) is 7.05 Å². The normalized spacial score (nSPS) is 12.6. The number of aromatic nitrogens is 3. The van der Waals surface area contributed by atoms with Gasteiger partial charge >= 0.3 is 0 Å². The van der Waals surface area contributed by atoms with Crippen LogP contribution in [0.4, 0.5) is 0 Å². The summed E-state index contributed by atoms with van der Waals surface area (Å²) in [7, 11) is 1.91. The molecular formula is C13H17ClN4. The summed E-state index contributed by atoms with van der Waals surface area (Å²) in [6.45, 7) is 3.07. The molecule has 4 nitrogen and oxygen atoms in total. The van der Waals surface area contributed by atoms with Crippen LogP contribution in [0.15, 0.2) is 30.7 Å². The Labute approximate surface area is 112 Å². The van der Waals surface area contributed by atoms with Gasteiger partial charge in [-0.2, -0.15) is 5.10 Å². The van der Waals surface area contributed by atoms with Crippen LogP contribution in [0.2, 0.25) is 5.02 Å². The second-order valence-electron chi connectivity index (χ2n) is 4.17. The van der Waals surface area contributed by atoms with E-state index >= 15 is 0 Å². The molecule has 0 saturated carbocycles. The topological polar surface area (TPSA) is 42.7 Å². The van der Waals surface area contributed by atoms with E-state index in [1.807, 2.05) is 23.9 Å². The number of hydrogen-bond acceptors (Lipinski definition) is 3. The number of rotatable bonds is 5. The van der Waals surface area contributed by atoms with Crippen molar-refractivity contribution in [3.05, 3.63) is 47.0 Å². The van der Waals surface area contributed by atoms with Gasteiger partial charge < -0.3 is 5.32 Å². The second-order valence-corrected chi connectivity index (χ2v) is 4.58. The Bertz CT molecular complexity index is 475. The molecular weight excluding hydrogens is 248 g/mol. The second kappa shape index (κ2) is 5.98. The molecule has 0 radical (unpaired) electrons. The van der Waals surface area contributed by atoms with E-state index in [2.05, 4.69) is 22.3 Å². The Morgan fingerprint density at radius 1 is 1.39 bits per heavy atom. The van der Waals surface area contributed by atoms with Crippen LogP contribution in [0.5, 0.6) is 0 Å². The zero-order valence-corrected chi connectivity index (χ0v) is 11.4. The van der Waals surface area contributed by atoms with Gasteiger partial charge in [0.05, 0.1) is 23.0 Å². The van der Waals surface area contributed by atoms with E-state index in [9.17, 15) is 0 Å². The molecule has 0 amide bonds. The van der Waals surface area contributed by atoms with Crippen molar-refractivity contribution in [3.63, 3.8) is 0 Å². The van der Waals surface area contributed by atoms with Gasteiger partial charge in [0.15, 0.2) is 0 Å². The molecule has 0 fully saturated rings. The number of nitrogens with zero attached hydrogens (tertiary/aromatic N) is 3. The Morgan fingerprint density at radius 2 is 2.11 bits per heavy atom. The van der Waals surface area contributed by atoms with Crippen LogP contribution in [-0.4, -0.2) is 21.3 Å². The molecule has 0 spiro atoms. The zero-order chi connectivity index (χ0) is 13.0. The molecule has 0 aromatic carbocycles. The minimum atomic E-state index is 0.0490. The Kier molecular flexibility index (Phi) is 4.33. The van der Waals surface area contributed by atoms with Crippen LogP contribution in [-0.2, 0) is 7.05 Å². The molecule has 1 atom stereocenters. The fourth-order valence-electron chi connectivity index (χ4n) is 1.96. The molecule has 2 aromatic heterocycles. The van der Waals surface area contributed by atoms with Gasteiger partial charge in [0.25, 0.3) is 0 Å². The van der Waals surface area contributed by atoms with Crippen molar-refractivity contribution in [1.29, 1.82) is 0 Å². The van der Waals surface area contributed by atoms with Crippen molar-refractivity contribution in [2.75, 3.05) is 6.54 Å². The maximum atomic E-state index is 6.23. The summed E-state index contributed by atoms with van der Waals surface area (Å²) in [4.78, 5) is 4.05. The van der Waals surface area contributed by atoms with Crippen LogP contribution in [0, 0.1) is 0 Å². The monoisotopic (exact) mass is 264 g/mol. The van der Waals surface area contributed by atoms with E-state index in [0.717, 1.165) is 24.2 Å². The highest BCUT2D eigenvalue weighted by molar-refractivity contribution is 6.31. The number of pyridine rings is 1. The molecule has 0 aliphatic carbocycles. The van der Waals surface area contributed by atoms with Crippen LogP contribution >= 0.6 is 11.6 Å². The van der Waals surface area contributed by atoms with Crippen LogP contribution in [0.1, 0.15) is 30.6 Å². The minimum Gasteiger partial charge on any atom is -0.305 e. The fraction of sp³-hybridized carbons (Fsp3) is 0.385. The van der Waals surface area contributed by atoms with E-state index in [0.29, 0.717) is 5.02 Å². The first-order valence-electron chi connectivity index (χ1n) is 6.04. The molecule has 1 N–H and O–H groups in total. The molecule has 5 heteroatoms. The average molecular weight is 265 g/mol. The van der Waals surface area contributed by atoms with E-state index in [1.165, 1.54) is 0 Å². The maximum Gasteiger partial charge on any atom is 0.0837 e. The van der Waals surface area contributed by atoms with Crippen molar-refractivity contribution < 1.29 is 0 Å². The van der Waals surface area contributed by atoms with Crippen molar-refractivity contribution >= 4 is 11.6 Å². The lowest BCUT2D eigenvalue weighted by molar-refractivity contribution is 0.553. The van der Waals surface area contributed by atoms with Gasteiger partial charge in [-0.1, -0.05) is 18.5 Å². The van der Waals surface area contributed by atoms with Gasteiger partial charge in [0.2, 0.25) is 0 Å². The lowest BCUT2D eigenvalue weighted by Gasteiger charge is -2.19. The molecule has 1 unspecified atom stereocenters. The van der Waals surface area contributed by atoms with E-state index in [-0.39, 0.29) is 6.04 Å². The fourth-order valence-corrected chi connectivity index (χ4v) is 2.24. The highest BCUT2D eigenvalue weighted by atomic mass is 35.5. The van der Waals surface area contributed by atoms with Crippen LogP contribution < -0.4 is 5.32 Å². The van der Waals surface area contributed by atoms with Crippen molar-refractivity contribution in [2.45, 2.75) is 19.4 Å². The van der Waals surface area contributed by atoms with Crippen LogP contribution in [0.3, 0.4) is 0 Å². The Hall–Kier alpha value is -1.39. The number of hydrogen-bond donors (Lipinski definition) is 1. The predicted molar refractivity (Wildman–Crippen MR) is 72.6 cm³/mol. The molecule has 0 aliphatic rings. The number of halogens is 1. The largest absolute Gasteiger partial charge is 0.305 e. The average Bonchev–Trinajstić information content (AvgIpc) is 2.72. The van der Waals surface area contributed by atoms with Gasteiger partial charge in [0, 0.05) is 19.4 Å². The third kappa shape index (κ3) is 2.71. The summed E-state index contributed by atoms with van der Waals surface area (Å²) >= 11 is 6.23. The summed E-state index contributed by atoms with van der Waals surface area (Å²) in [5.74, 6) is 0. The van der Waals surface area contributed by atoms with E-state index in [1.54, 1.807) is 18.6 Å². The van der Waals surface area contributed by atoms with Gasteiger partial charge in [0.1, 0.15) is 0 Å². The molecule has 0 saturated heterocycles. The smallest absolute Gasteiger partial charge is 0.0837 e. The summed E-state index contributed by atoms with van der Waals surface area (Å²) in [6, 6.07) is 4.04. The summed E-state index contributed by atoms with van der Waals surface area (Å²) in [5.41, 5.74) is 2.13. The quantitative estimate of drug-likeness (QED) is 0.903. The summed E-state index contributed by atoms with van der Waals surface area (Å²) < 4.78 is 1.82. The number of aryl methyl sites for hydroxylation is 1. The molecule has 18 heavy (non-hydrogen) atoms. The Balaban J connectivity index is 2.37. The zero-order valence-electron chi connectivity index (χ0n) is 10.6. The lowest BCUT2D eigenvalue weighted by atomic mass is 10.0. The molecule has 0 aliphatic heterocycles. The first-order valence-corrected chi connectivity index (χ1v) is 6.42.